The summed E-state index contributed by atoms with van der Waals surface area (Å²) >= 11 is 7.34. The molecule has 0 radical (unpaired) electrons. The SMILES string of the molecule is Cc1nn(C)c(Cl)c1CN1CCN(S(=O)(=O)c2cccc3nsnc23)CC1. The van der Waals surface area contributed by atoms with E-state index in [0.29, 0.717) is 48.9 Å². The van der Waals surface area contributed by atoms with Gasteiger partial charge in [0.25, 0.3) is 0 Å². The van der Waals surface area contributed by atoms with E-state index in [2.05, 4.69) is 18.7 Å². The van der Waals surface area contributed by atoms with Gasteiger partial charge in [-0.2, -0.15) is 18.2 Å². The van der Waals surface area contributed by atoms with E-state index >= 15 is 0 Å². The molecule has 1 aliphatic rings. The minimum atomic E-state index is -3.60. The highest BCUT2D eigenvalue weighted by Gasteiger charge is 2.31. The molecule has 2 aromatic heterocycles. The zero-order chi connectivity index (χ0) is 19.2. The Labute approximate surface area is 166 Å². The average molecular weight is 427 g/mol. The van der Waals surface area contributed by atoms with E-state index in [9.17, 15) is 8.42 Å². The first kappa shape index (κ1) is 18.8. The van der Waals surface area contributed by atoms with Gasteiger partial charge in [0.15, 0.2) is 0 Å². The molecule has 8 nitrogen and oxygen atoms in total. The van der Waals surface area contributed by atoms with Crippen LogP contribution in [0.4, 0.5) is 0 Å². The van der Waals surface area contributed by atoms with Crippen molar-refractivity contribution in [3.05, 3.63) is 34.6 Å². The molecule has 144 valence electrons. The Morgan fingerprint density at radius 3 is 2.59 bits per heavy atom. The second-order valence-corrected chi connectivity index (χ2v) is 9.34. The summed E-state index contributed by atoms with van der Waals surface area (Å²) in [5, 5.41) is 4.96. The molecular weight excluding hydrogens is 408 g/mol. The number of halogens is 1. The Morgan fingerprint density at radius 1 is 1.19 bits per heavy atom. The molecule has 3 heterocycles. The molecule has 1 fully saturated rings. The molecule has 1 aromatic carbocycles. The third-order valence-electron chi connectivity index (χ3n) is 4.85. The normalized spacial score (nSPS) is 17.0. The van der Waals surface area contributed by atoms with Crippen LogP contribution in [-0.4, -0.2) is 62.3 Å². The summed E-state index contributed by atoms with van der Waals surface area (Å²) in [6.07, 6.45) is 0. The molecule has 1 saturated heterocycles. The van der Waals surface area contributed by atoms with Crippen LogP contribution in [0.3, 0.4) is 0 Å². The lowest BCUT2D eigenvalue weighted by Crippen LogP contribution is -2.48. The maximum atomic E-state index is 13.1. The van der Waals surface area contributed by atoms with Crippen LogP contribution in [-0.2, 0) is 23.6 Å². The topological polar surface area (TPSA) is 84.2 Å². The average Bonchev–Trinajstić information content (AvgIpc) is 3.22. The standard InChI is InChI=1S/C16H19ClN6O2S2/c1-11-12(16(17)21(2)18-11)10-22-6-8-23(9-7-22)27(24,25)14-5-3-4-13-15(14)20-26-19-13/h3-5H,6-10H2,1-2H3. The molecular formula is C16H19ClN6O2S2. The highest BCUT2D eigenvalue weighted by atomic mass is 35.5. The lowest BCUT2D eigenvalue weighted by molar-refractivity contribution is 0.181. The Hall–Kier alpha value is -1.59. The predicted molar refractivity (Wildman–Crippen MR) is 104 cm³/mol. The van der Waals surface area contributed by atoms with Crippen LogP contribution in [0.2, 0.25) is 5.15 Å². The van der Waals surface area contributed by atoms with E-state index < -0.39 is 10.0 Å². The van der Waals surface area contributed by atoms with E-state index in [0.717, 1.165) is 23.0 Å². The lowest BCUT2D eigenvalue weighted by Gasteiger charge is -2.33. The fourth-order valence-electron chi connectivity index (χ4n) is 3.33. The van der Waals surface area contributed by atoms with Gasteiger partial charge >= 0.3 is 0 Å². The molecule has 1 aliphatic heterocycles. The first-order valence-electron chi connectivity index (χ1n) is 8.49. The van der Waals surface area contributed by atoms with Crippen LogP contribution in [0.25, 0.3) is 11.0 Å². The van der Waals surface area contributed by atoms with Crippen molar-refractivity contribution in [3.63, 3.8) is 0 Å². The van der Waals surface area contributed by atoms with Gasteiger partial charge in [0, 0.05) is 45.3 Å². The lowest BCUT2D eigenvalue weighted by atomic mass is 10.2. The van der Waals surface area contributed by atoms with Crippen molar-refractivity contribution in [3.8, 4) is 0 Å². The molecule has 0 atom stereocenters. The Morgan fingerprint density at radius 2 is 1.93 bits per heavy atom. The van der Waals surface area contributed by atoms with Gasteiger partial charge in [-0.3, -0.25) is 9.58 Å². The van der Waals surface area contributed by atoms with Gasteiger partial charge in [-0.15, -0.1) is 0 Å². The summed E-state index contributed by atoms with van der Waals surface area (Å²) in [4.78, 5) is 2.43. The number of hydrogen-bond acceptors (Lipinski definition) is 7. The van der Waals surface area contributed by atoms with Crippen molar-refractivity contribution in [1.82, 2.24) is 27.7 Å². The number of nitrogens with zero attached hydrogens (tertiary/aromatic N) is 6. The molecule has 3 aromatic rings. The number of sulfonamides is 1. The fraction of sp³-hybridized carbons (Fsp3) is 0.438. The van der Waals surface area contributed by atoms with Crippen LogP contribution in [0.5, 0.6) is 0 Å². The Balaban J connectivity index is 1.49. The van der Waals surface area contributed by atoms with Crippen molar-refractivity contribution in [2.24, 2.45) is 7.05 Å². The molecule has 0 aliphatic carbocycles. The largest absolute Gasteiger partial charge is 0.296 e. The van der Waals surface area contributed by atoms with E-state index in [1.165, 1.54) is 4.31 Å². The van der Waals surface area contributed by atoms with E-state index in [4.69, 9.17) is 11.6 Å². The summed E-state index contributed by atoms with van der Waals surface area (Å²) in [7, 11) is -1.78. The maximum absolute atomic E-state index is 13.1. The number of rotatable bonds is 4. The van der Waals surface area contributed by atoms with E-state index in [1.807, 2.05) is 14.0 Å². The quantitative estimate of drug-likeness (QED) is 0.633. The first-order chi connectivity index (χ1) is 12.9. The van der Waals surface area contributed by atoms with Crippen LogP contribution in [0, 0.1) is 6.92 Å². The van der Waals surface area contributed by atoms with E-state index in [1.54, 1.807) is 22.9 Å². The summed E-state index contributed by atoms with van der Waals surface area (Å²) in [6, 6.07) is 5.08. The van der Waals surface area contributed by atoms with Crippen molar-refractivity contribution < 1.29 is 8.42 Å². The molecule has 4 rings (SSSR count). The monoisotopic (exact) mass is 426 g/mol. The van der Waals surface area contributed by atoms with Gasteiger partial charge < -0.3 is 0 Å². The molecule has 11 heteroatoms. The highest BCUT2D eigenvalue weighted by molar-refractivity contribution is 7.89. The summed E-state index contributed by atoms with van der Waals surface area (Å²) < 4.78 is 37.7. The fourth-order valence-corrected chi connectivity index (χ4v) is 5.74. The van der Waals surface area contributed by atoms with Crippen LogP contribution in [0.1, 0.15) is 11.3 Å². The summed E-state index contributed by atoms with van der Waals surface area (Å²) in [5.74, 6) is 0. The minimum Gasteiger partial charge on any atom is -0.296 e. The van der Waals surface area contributed by atoms with Gasteiger partial charge in [0.2, 0.25) is 10.0 Å². The molecule has 0 unspecified atom stereocenters. The zero-order valence-corrected chi connectivity index (χ0v) is 17.4. The highest BCUT2D eigenvalue weighted by Crippen LogP contribution is 2.26. The van der Waals surface area contributed by atoms with Gasteiger partial charge in [0.1, 0.15) is 21.1 Å². The number of benzene rings is 1. The number of piperazine rings is 1. The van der Waals surface area contributed by atoms with Crippen molar-refractivity contribution in [2.45, 2.75) is 18.4 Å². The molecule has 0 amide bonds. The van der Waals surface area contributed by atoms with Gasteiger partial charge in [-0.1, -0.05) is 17.7 Å². The molecule has 27 heavy (non-hydrogen) atoms. The third kappa shape index (κ3) is 3.36. The predicted octanol–water partition coefficient (Wildman–Crippen LogP) is 1.89. The second-order valence-electron chi connectivity index (χ2n) is 6.55. The van der Waals surface area contributed by atoms with Gasteiger partial charge in [0.05, 0.1) is 17.4 Å². The smallest absolute Gasteiger partial charge is 0.245 e. The molecule has 0 bridgehead atoms. The third-order valence-corrected chi connectivity index (χ3v) is 7.80. The number of aromatic nitrogens is 4. The van der Waals surface area contributed by atoms with E-state index in [-0.39, 0.29) is 4.90 Å². The van der Waals surface area contributed by atoms with Crippen LogP contribution in [0.15, 0.2) is 23.1 Å². The minimum absolute atomic E-state index is 0.230. The van der Waals surface area contributed by atoms with Crippen LogP contribution >= 0.6 is 23.3 Å². The summed E-state index contributed by atoms with van der Waals surface area (Å²) in [6.45, 7) is 4.72. The van der Waals surface area contributed by atoms with Gasteiger partial charge in [-0.25, -0.2) is 8.42 Å². The maximum Gasteiger partial charge on any atom is 0.245 e. The summed E-state index contributed by atoms with van der Waals surface area (Å²) in [5.41, 5.74) is 2.96. The van der Waals surface area contributed by atoms with Crippen molar-refractivity contribution in [2.75, 3.05) is 26.2 Å². The Kier molecular flexibility index (Phi) is 4.93. The zero-order valence-electron chi connectivity index (χ0n) is 15.0. The molecule has 0 N–H and O–H groups in total. The number of hydrogen-bond donors (Lipinski definition) is 0. The van der Waals surface area contributed by atoms with Gasteiger partial charge in [-0.05, 0) is 19.1 Å². The Bertz CT molecular complexity index is 1090. The van der Waals surface area contributed by atoms with Crippen molar-refractivity contribution in [1.29, 1.82) is 0 Å². The molecule has 0 spiro atoms. The first-order valence-corrected chi connectivity index (χ1v) is 11.0. The number of fused-ring (bicyclic) bond motifs is 1. The van der Waals surface area contributed by atoms with Crippen molar-refractivity contribution >= 4 is 44.4 Å². The number of aryl methyl sites for hydroxylation is 2. The molecule has 0 saturated carbocycles. The second kappa shape index (κ2) is 7.10. The van der Waals surface area contributed by atoms with Crippen LogP contribution < -0.4 is 0 Å².